The first-order valence-corrected chi connectivity index (χ1v) is 9.27. The van der Waals surface area contributed by atoms with Gasteiger partial charge in [0.2, 0.25) is 11.7 Å². The van der Waals surface area contributed by atoms with Crippen molar-refractivity contribution >= 4 is 22.7 Å². The number of hydrogen-bond donors (Lipinski definition) is 0. The van der Waals surface area contributed by atoms with E-state index in [0.717, 1.165) is 42.9 Å². The number of fused-ring (bicyclic) bond motifs is 1. The van der Waals surface area contributed by atoms with Gasteiger partial charge in [0.1, 0.15) is 5.52 Å². The number of nitrogens with zero attached hydrogens (tertiary/aromatic N) is 4. The molecule has 8 heteroatoms. The minimum atomic E-state index is 0.314. The number of piperidine rings is 1. The van der Waals surface area contributed by atoms with Gasteiger partial charge in [0.15, 0.2) is 17.2 Å². The summed E-state index contributed by atoms with van der Waals surface area (Å²) in [5, 5.41) is 4.65. The fourth-order valence-corrected chi connectivity index (χ4v) is 3.61. The maximum absolute atomic E-state index is 6.03. The molecule has 0 radical (unpaired) electrons. The van der Waals surface area contributed by atoms with Crippen molar-refractivity contribution in [1.29, 1.82) is 0 Å². The highest BCUT2D eigenvalue weighted by atomic mass is 35.5. The van der Waals surface area contributed by atoms with Gasteiger partial charge in [0.25, 0.3) is 0 Å². The molecule has 0 saturated carbocycles. The van der Waals surface area contributed by atoms with Gasteiger partial charge < -0.3 is 13.4 Å². The van der Waals surface area contributed by atoms with E-state index in [2.05, 4.69) is 20.0 Å². The van der Waals surface area contributed by atoms with Crippen LogP contribution in [0.2, 0.25) is 5.02 Å². The van der Waals surface area contributed by atoms with Gasteiger partial charge in [-0.15, -0.1) is 0 Å². The minimum absolute atomic E-state index is 0.314. The van der Waals surface area contributed by atoms with Crippen LogP contribution in [-0.4, -0.2) is 33.1 Å². The zero-order valence-electron chi connectivity index (χ0n) is 14.5. The SMILES string of the molecule is Clc1ccc2oc(C3CCN(Cc4nc(-c5ccco5)no4)CC3)nc2c1. The van der Waals surface area contributed by atoms with E-state index in [1.165, 1.54) is 0 Å². The Labute approximate surface area is 159 Å². The smallest absolute Gasteiger partial charge is 0.241 e. The predicted molar refractivity (Wildman–Crippen MR) is 98.3 cm³/mol. The molecule has 0 N–H and O–H groups in total. The fourth-order valence-electron chi connectivity index (χ4n) is 3.45. The van der Waals surface area contributed by atoms with Gasteiger partial charge in [0, 0.05) is 10.9 Å². The Morgan fingerprint density at radius 3 is 2.85 bits per heavy atom. The van der Waals surface area contributed by atoms with E-state index < -0.39 is 0 Å². The van der Waals surface area contributed by atoms with Crippen molar-refractivity contribution in [2.75, 3.05) is 13.1 Å². The van der Waals surface area contributed by atoms with E-state index in [1.807, 2.05) is 24.3 Å². The standard InChI is InChI=1S/C19H17ClN4O3/c20-13-3-4-15-14(10-13)21-19(26-15)12-5-7-24(8-6-12)11-17-22-18(23-27-17)16-2-1-9-25-16/h1-4,9-10,12H,5-8,11H2. The number of halogens is 1. The Morgan fingerprint density at radius 2 is 2.04 bits per heavy atom. The molecule has 1 aromatic carbocycles. The zero-order chi connectivity index (χ0) is 18.2. The molecule has 3 aromatic heterocycles. The molecule has 0 aliphatic carbocycles. The summed E-state index contributed by atoms with van der Waals surface area (Å²) in [6, 6.07) is 9.15. The maximum atomic E-state index is 6.03. The molecule has 0 atom stereocenters. The van der Waals surface area contributed by atoms with Crippen molar-refractivity contribution in [3.05, 3.63) is 53.4 Å². The van der Waals surface area contributed by atoms with Gasteiger partial charge in [-0.05, 0) is 56.3 Å². The van der Waals surface area contributed by atoms with Crippen molar-refractivity contribution in [3.63, 3.8) is 0 Å². The van der Waals surface area contributed by atoms with E-state index >= 15 is 0 Å². The minimum Gasteiger partial charge on any atom is -0.461 e. The van der Waals surface area contributed by atoms with Crippen molar-refractivity contribution in [2.24, 2.45) is 0 Å². The lowest BCUT2D eigenvalue weighted by molar-refractivity contribution is 0.173. The molecule has 1 aliphatic heterocycles. The predicted octanol–water partition coefficient (Wildman–Crippen LogP) is 4.50. The third-order valence-corrected chi connectivity index (χ3v) is 5.11. The van der Waals surface area contributed by atoms with E-state index in [0.29, 0.717) is 35.0 Å². The molecule has 0 spiro atoms. The molecule has 7 nitrogen and oxygen atoms in total. The normalized spacial score (nSPS) is 16.3. The second kappa shape index (κ2) is 6.83. The number of rotatable bonds is 4. The van der Waals surface area contributed by atoms with Crippen LogP contribution in [0.1, 0.15) is 30.5 Å². The van der Waals surface area contributed by atoms with Crippen molar-refractivity contribution in [1.82, 2.24) is 20.0 Å². The molecule has 1 fully saturated rings. The summed E-state index contributed by atoms with van der Waals surface area (Å²) in [7, 11) is 0. The molecule has 1 saturated heterocycles. The molecule has 4 heterocycles. The summed E-state index contributed by atoms with van der Waals surface area (Å²) in [6.07, 6.45) is 3.54. The first-order valence-electron chi connectivity index (χ1n) is 8.89. The van der Waals surface area contributed by atoms with Gasteiger partial charge in [0.05, 0.1) is 12.8 Å². The molecular weight excluding hydrogens is 368 g/mol. The Kier molecular flexibility index (Phi) is 4.18. The van der Waals surface area contributed by atoms with E-state index in [1.54, 1.807) is 12.3 Å². The molecule has 0 amide bonds. The highest BCUT2D eigenvalue weighted by Crippen LogP contribution is 2.31. The third-order valence-electron chi connectivity index (χ3n) is 4.87. The summed E-state index contributed by atoms with van der Waals surface area (Å²) >= 11 is 6.03. The van der Waals surface area contributed by atoms with Crippen molar-refractivity contribution in [2.45, 2.75) is 25.3 Å². The van der Waals surface area contributed by atoms with Crippen LogP contribution < -0.4 is 0 Å². The molecule has 138 valence electrons. The van der Waals surface area contributed by atoms with E-state index in [-0.39, 0.29) is 0 Å². The van der Waals surface area contributed by atoms with Crippen LogP contribution >= 0.6 is 11.6 Å². The average Bonchev–Trinajstić information content (AvgIpc) is 3.42. The molecule has 4 aromatic rings. The number of oxazole rings is 1. The highest BCUT2D eigenvalue weighted by Gasteiger charge is 2.26. The highest BCUT2D eigenvalue weighted by molar-refractivity contribution is 6.31. The van der Waals surface area contributed by atoms with Crippen LogP contribution in [0.15, 0.2) is 50.0 Å². The molecule has 5 rings (SSSR count). The van der Waals surface area contributed by atoms with Gasteiger partial charge in [-0.2, -0.15) is 4.98 Å². The molecule has 1 aliphatic rings. The zero-order valence-corrected chi connectivity index (χ0v) is 15.2. The van der Waals surface area contributed by atoms with Crippen LogP contribution in [0.4, 0.5) is 0 Å². The summed E-state index contributed by atoms with van der Waals surface area (Å²) < 4.78 is 16.6. The average molecular weight is 385 g/mol. The van der Waals surface area contributed by atoms with Crippen molar-refractivity contribution in [3.8, 4) is 11.6 Å². The third kappa shape index (κ3) is 3.36. The Balaban J connectivity index is 1.22. The molecule has 0 unspecified atom stereocenters. The fraction of sp³-hybridized carbons (Fsp3) is 0.316. The lowest BCUT2D eigenvalue weighted by Gasteiger charge is -2.29. The second-order valence-electron chi connectivity index (χ2n) is 6.70. The first-order chi connectivity index (χ1) is 13.2. The van der Waals surface area contributed by atoms with Gasteiger partial charge in [-0.3, -0.25) is 4.90 Å². The van der Waals surface area contributed by atoms with Gasteiger partial charge in [-0.25, -0.2) is 4.98 Å². The molecule has 27 heavy (non-hydrogen) atoms. The Bertz CT molecular complexity index is 1050. The Morgan fingerprint density at radius 1 is 1.15 bits per heavy atom. The number of furan rings is 1. The monoisotopic (exact) mass is 384 g/mol. The quantitative estimate of drug-likeness (QED) is 0.512. The second-order valence-corrected chi connectivity index (χ2v) is 7.14. The van der Waals surface area contributed by atoms with Gasteiger partial charge in [-0.1, -0.05) is 16.8 Å². The molecule has 0 bridgehead atoms. The topological polar surface area (TPSA) is 81.3 Å². The lowest BCUT2D eigenvalue weighted by Crippen LogP contribution is -2.32. The number of likely N-dealkylation sites (tertiary alicyclic amines) is 1. The number of hydrogen-bond acceptors (Lipinski definition) is 7. The number of aromatic nitrogens is 3. The summed E-state index contributed by atoms with van der Waals surface area (Å²) in [4.78, 5) is 11.3. The van der Waals surface area contributed by atoms with Crippen LogP contribution in [0, 0.1) is 0 Å². The van der Waals surface area contributed by atoms with Crippen LogP contribution in [0.5, 0.6) is 0 Å². The lowest BCUT2D eigenvalue weighted by atomic mass is 9.97. The van der Waals surface area contributed by atoms with E-state index in [4.69, 9.17) is 25.0 Å². The van der Waals surface area contributed by atoms with Crippen LogP contribution in [-0.2, 0) is 6.54 Å². The molecular formula is C19H17ClN4O3. The van der Waals surface area contributed by atoms with Crippen LogP contribution in [0.3, 0.4) is 0 Å². The largest absolute Gasteiger partial charge is 0.461 e. The van der Waals surface area contributed by atoms with Crippen molar-refractivity contribution < 1.29 is 13.4 Å². The van der Waals surface area contributed by atoms with Gasteiger partial charge >= 0.3 is 0 Å². The first kappa shape index (κ1) is 16.5. The van der Waals surface area contributed by atoms with Crippen LogP contribution in [0.25, 0.3) is 22.7 Å². The maximum Gasteiger partial charge on any atom is 0.241 e. The summed E-state index contributed by atoms with van der Waals surface area (Å²) in [5.74, 6) is 2.80. The van der Waals surface area contributed by atoms with E-state index in [9.17, 15) is 0 Å². The number of benzene rings is 1. The Hall–Kier alpha value is -2.64. The summed E-state index contributed by atoms with van der Waals surface area (Å²) in [5.41, 5.74) is 1.60. The summed E-state index contributed by atoms with van der Waals surface area (Å²) in [6.45, 7) is 2.47.